The van der Waals surface area contributed by atoms with Crippen LogP contribution in [0.25, 0.3) is 0 Å². The van der Waals surface area contributed by atoms with Gasteiger partial charge in [-0.05, 0) is 62.0 Å². The lowest BCUT2D eigenvalue weighted by molar-refractivity contribution is 0.141. The van der Waals surface area contributed by atoms with Gasteiger partial charge in [-0.3, -0.25) is 9.80 Å². The summed E-state index contributed by atoms with van der Waals surface area (Å²) in [5.74, 6) is -0.916. The van der Waals surface area contributed by atoms with Crippen molar-refractivity contribution < 1.29 is 47.6 Å². The highest BCUT2D eigenvalue weighted by atomic mass is 32.1. The number of thiocarbonyl (C=S) groups is 2. The number of ether oxygens (including phenoxy) is 2. The Morgan fingerprint density at radius 2 is 1.11 bits per heavy atom. The molecule has 4 aliphatic heterocycles. The summed E-state index contributed by atoms with van der Waals surface area (Å²) in [6.45, 7) is 9.74. The summed E-state index contributed by atoms with van der Waals surface area (Å²) in [6, 6.07) is 9.14. The molecule has 4 amide bonds. The summed E-state index contributed by atoms with van der Waals surface area (Å²) >= 11 is 9.48. The molecule has 16 nitrogen and oxygen atoms in total. The second kappa shape index (κ2) is 22.0. The van der Waals surface area contributed by atoms with Crippen LogP contribution in [0.3, 0.4) is 0 Å². The summed E-state index contributed by atoms with van der Waals surface area (Å²) in [7, 11) is 0. The topological polar surface area (TPSA) is 185 Å². The number of anilines is 4. The minimum atomic E-state index is -0.967. The molecule has 2 atom stereocenters. The maximum Gasteiger partial charge on any atom is 0.414 e. The fraction of sp³-hybridized carbons (Fsp3) is 0.514. The average molecular weight is 841 g/mol. The Kier molecular flexibility index (Phi) is 18.6. The van der Waals surface area contributed by atoms with E-state index in [0.717, 1.165) is 4.86 Å². The third-order valence-electron chi connectivity index (χ3n) is 8.86. The Labute approximate surface area is 343 Å². The van der Waals surface area contributed by atoms with Crippen molar-refractivity contribution >= 4 is 81.4 Å². The van der Waals surface area contributed by atoms with Crippen molar-refractivity contribution in [1.82, 2.24) is 15.1 Å². The zero-order valence-electron chi connectivity index (χ0n) is 30.8. The zero-order valence-corrected chi connectivity index (χ0v) is 32.4. The summed E-state index contributed by atoms with van der Waals surface area (Å²) in [4.78, 5) is 56.3. The predicted molar refractivity (Wildman–Crippen MR) is 224 cm³/mol. The van der Waals surface area contributed by atoms with E-state index in [1.165, 1.54) is 31.7 Å². The summed E-state index contributed by atoms with van der Waals surface area (Å²) in [5.41, 5.74) is 7.12. The number of rotatable bonds is 7. The van der Waals surface area contributed by atoms with Gasteiger partial charge >= 0.3 is 24.4 Å². The predicted octanol–water partition coefficient (Wildman–Crippen LogP) is 5.47. The molecule has 4 fully saturated rings. The highest BCUT2D eigenvalue weighted by Gasteiger charge is 2.34. The number of benzene rings is 2. The number of carboxylic acid groups (broad SMARTS) is 2. The normalized spacial score (nSPS) is 18.8. The fourth-order valence-electron chi connectivity index (χ4n) is 6.07. The van der Waals surface area contributed by atoms with Gasteiger partial charge in [0.25, 0.3) is 0 Å². The molecule has 20 heteroatoms. The van der Waals surface area contributed by atoms with Gasteiger partial charge in [-0.15, -0.1) is 0 Å². The number of nitrogens with zero attached hydrogens (tertiary/aromatic N) is 6. The van der Waals surface area contributed by atoms with Crippen molar-refractivity contribution in [2.24, 2.45) is 5.73 Å². The second-order valence-corrected chi connectivity index (χ2v) is 14.5. The molecule has 4 heterocycles. The minimum absolute atomic E-state index is 0. The average Bonchev–Trinajstić information content (AvgIpc) is 3.72. The standard InChI is InChI=1S/C17H21FN4O4S.C15H19FN4O4.C3H6S.2CH4/c1-11(27)19-9-13-10-22(17(25)26-13)12-2-3-15(14(18)8-12)20-4-6-21(7-5-20)16(23)24;16-12-7-10(20-9-11(8-17)24-15(20)23)1-2-13(12)18-3-5-19(6-4-18)14(21)22;1-3(2)4;;/h2-3,8,13H,4-7,9-10H2,1H3,(H,19,27)(H,23,24);1-2,7,11H,3-6,8-9,17H2,(H,21,22);1-2H3;2*1H4/t13-;11-;;;/m00.../s1. The van der Waals surface area contributed by atoms with Gasteiger partial charge in [0.05, 0.1) is 47.4 Å². The van der Waals surface area contributed by atoms with Gasteiger partial charge in [0.2, 0.25) is 0 Å². The van der Waals surface area contributed by atoms with Crippen molar-refractivity contribution in [3.05, 3.63) is 48.0 Å². The molecule has 4 saturated heterocycles. The van der Waals surface area contributed by atoms with E-state index in [-0.39, 0.29) is 33.6 Å². The molecular weight excluding hydrogens is 787 g/mol. The van der Waals surface area contributed by atoms with Crippen LogP contribution >= 0.6 is 24.4 Å². The molecule has 6 rings (SSSR count). The Morgan fingerprint density at radius 3 is 1.42 bits per heavy atom. The number of cyclic esters (lactones) is 2. The fourth-order valence-corrected chi connectivity index (χ4v) is 6.15. The van der Waals surface area contributed by atoms with Crippen LogP contribution in [0.2, 0.25) is 0 Å². The molecule has 2 aromatic carbocycles. The van der Waals surface area contributed by atoms with Gasteiger partial charge in [0.15, 0.2) is 0 Å². The minimum Gasteiger partial charge on any atom is -0.465 e. The van der Waals surface area contributed by atoms with Crippen molar-refractivity contribution in [1.29, 1.82) is 0 Å². The lowest BCUT2D eigenvalue weighted by atomic mass is 10.2. The van der Waals surface area contributed by atoms with Gasteiger partial charge in [0.1, 0.15) is 23.8 Å². The molecule has 0 unspecified atom stereocenters. The third-order valence-corrected chi connectivity index (χ3v) is 9.00. The zero-order chi connectivity index (χ0) is 40.4. The van der Waals surface area contributed by atoms with Gasteiger partial charge < -0.3 is 50.3 Å². The molecule has 0 bridgehead atoms. The molecule has 2 aromatic rings. The number of amides is 4. The smallest absolute Gasteiger partial charge is 0.414 e. The van der Waals surface area contributed by atoms with Gasteiger partial charge in [-0.25, -0.2) is 28.0 Å². The highest BCUT2D eigenvalue weighted by molar-refractivity contribution is 7.80. The van der Waals surface area contributed by atoms with Crippen molar-refractivity contribution in [2.45, 2.75) is 47.8 Å². The van der Waals surface area contributed by atoms with Crippen LogP contribution in [0, 0.1) is 11.6 Å². The number of piperazine rings is 2. The molecule has 0 saturated carbocycles. The van der Waals surface area contributed by atoms with E-state index >= 15 is 0 Å². The number of carbonyl (C=O) groups excluding carboxylic acids is 2. The number of carbonyl (C=O) groups is 4. The first kappa shape index (κ1) is 48.1. The Balaban J connectivity index is 0.000000350. The van der Waals surface area contributed by atoms with Crippen LogP contribution in [-0.2, 0) is 9.47 Å². The Bertz CT molecular complexity index is 1740. The van der Waals surface area contributed by atoms with Gasteiger partial charge in [-0.1, -0.05) is 39.3 Å². The maximum atomic E-state index is 14.6. The second-order valence-electron chi connectivity index (χ2n) is 13.1. The Morgan fingerprint density at radius 1 is 0.737 bits per heavy atom. The van der Waals surface area contributed by atoms with Crippen molar-refractivity contribution in [2.75, 3.05) is 98.1 Å². The first-order chi connectivity index (χ1) is 26.1. The summed E-state index contributed by atoms with van der Waals surface area (Å²) in [6.07, 6.45) is -3.73. The van der Waals surface area contributed by atoms with Crippen molar-refractivity contribution in [3.8, 4) is 0 Å². The van der Waals surface area contributed by atoms with E-state index < -0.39 is 36.0 Å². The maximum absolute atomic E-state index is 14.6. The summed E-state index contributed by atoms with van der Waals surface area (Å²) in [5, 5.41) is 20.9. The van der Waals surface area contributed by atoms with E-state index in [0.29, 0.717) is 99.7 Å². The lowest BCUT2D eigenvalue weighted by Gasteiger charge is -2.34. The van der Waals surface area contributed by atoms with Gasteiger partial charge in [-0.2, -0.15) is 0 Å². The van der Waals surface area contributed by atoms with Crippen LogP contribution in [-0.4, -0.2) is 145 Å². The van der Waals surface area contributed by atoms with E-state index in [9.17, 15) is 28.0 Å². The molecule has 316 valence electrons. The SMILES string of the molecule is C.C.CC(=S)NC[C@H]1CN(c2ccc(N3CCN(C(=O)O)CC3)c(F)c2)C(=O)O1.CC(C)=S.NC[C@H]1CN(c2ccc(N3CCN(C(=O)O)CC3)c(F)c2)C(=O)O1. The van der Waals surface area contributed by atoms with Crippen LogP contribution in [0.15, 0.2) is 36.4 Å². The first-order valence-electron chi connectivity index (χ1n) is 17.5. The quantitative estimate of drug-likeness (QED) is 0.258. The molecular formula is C37H54F2N8O8S2. The molecule has 5 N–H and O–H groups in total. The van der Waals surface area contributed by atoms with E-state index in [2.05, 4.69) is 17.5 Å². The van der Waals surface area contributed by atoms with E-state index in [4.69, 9.17) is 37.6 Å². The molecule has 0 radical (unpaired) electrons. The number of hydrogen-bond acceptors (Lipinski definition) is 11. The number of nitrogens with two attached hydrogens (primary N) is 1. The molecule has 0 aliphatic carbocycles. The third kappa shape index (κ3) is 13.2. The highest BCUT2D eigenvalue weighted by Crippen LogP contribution is 2.30. The molecule has 0 spiro atoms. The molecule has 0 aromatic heterocycles. The molecule has 57 heavy (non-hydrogen) atoms. The lowest BCUT2D eigenvalue weighted by Crippen LogP contribution is -2.48. The monoisotopic (exact) mass is 840 g/mol. The number of halogens is 2. The van der Waals surface area contributed by atoms with Crippen molar-refractivity contribution in [3.63, 3.8) is 0 Å². The van der Waals surface area contributed by atoms with E-state index in [1.807, 2.05) is 13.8 Å². The van der Waals surface area contributed by atoms with Crippen LogP contribution in [0.4, 0.5) is 50.7 Å². The van der Waals surface area contributed by atoms with Crippen LogP contribution in [0.1, 0.15) is 35.6 Å². The Hall–Kier alpha value is -5.08. The number of hydrogen-bond donors (Lipinski definition) is 4. The molecule has 4 aliphatic rings. The van der Waals surface area contributed by atoms with Crippen LogP contribution < -0.4 is 30.7 Å². The van der Waals surface area contributed by atoms with E-state index in [1.54, 1.807) is 41.0 Å². The first-order valence-corrected chi connectivity index (χ1v) is 18.3. The summed E-state index contributed by atoms with van der Waals surface area (Å²) < 4.78 is 39.5. The number of nitrogens with one attached hydrogen (secondary N) is 1. The largest absolute Gasteiger partial charge is 0.465 e. The van der Waals surface area contributed by atoms with Crippen LogP contribution in [0.5, 0.6) is 0 Å². The van der Waals surface area contributed by atoms with Gasteiger partial charge in [0, 0.05) is 58.9 Å².